The Morgan fingerprint density at radius 1 is 1.18 bits per heavy atom. The lowest BCUT2D eigenvalue weighted by atomic mass is 9.98. The van der Waals surface area contributed by atoms with Crippen LogP contribution in [0.5, 0.6) is 0 Å². The molecule has 0 saturated heterocycles. The Labute approximate surface area is 106 Å². The Balaban J connectivity index is 4.03. The molecule has 0 unspecified atom stereocenters. The lowest BCUT2D eigenvalue weighted by Gasteiger charge is -2.27. The second-order valence-corrected chi connectivity index (χ2v) is 4.72. The number of hydrogen-bond donors (Lipinski definition) is 0. The molecule has 0 bridgehead atoms. The minimum absolute atomic E-state index is 0.104. The molecule has 0 aliphatic rings. The first kappa shape index (κ1) is 16.0. The number of unbranched alkanes of at least 4 members (excludes halogenated alkanes) is 3. The quantitative estimate of drug-likeness (QED) is 0.320. The SMILES string of the molecule is C=CCC(C)(CC=C)OC(=O)CCCCCC. The predicted molar refractivity (Wildman–Crippen MR) is 72.9 cm³/mol. The van der Waals surface area contributed by atoms with Crippen LogP contribution in [0.15, 0.2) is 25.3 Å². The van der Waals surface area contributed by atoms with Crippen molar-refractivity contribution in [3.63, 3.8) is 0 Å². The first-order valence-corrected chi connectivity index (χ1v) is 6.51. The number of carbonyl (C=O) groups is 1. The summed E-state index contributed by atoms with van der Waals surface area (Å²) >= 11 is 0. The van der Waals surface area contributed by atoms with Crippen LogP contribution in [0.1, 0.15) is 58.8 Å². The van der Waals surface area contributed by atoms with E-state index in [9.17, 15) is 4.79 Å². The maximum Gasteiger partial charge on any atom is 0.306 e. The van der Waals surface area contributed by atoms with Crippen molar-refractivity contribution in [2.45, 2.75) is 64.4 Å². The van der Waals surface area contributed by atoms with Crippen molar-refractivity contribution >= 4 is 5.97 Å². The average molecular weight is 238 g/mol. The molecule has 98 valence electrons. The summed E-state index contributed by atoms with van der Waals surface area (Å²) in [4.78, 5) is 11.7. The summed E-state index contributed by atoms with van der Waals surface area (Å²) in [6, 6.07) is 0. The van der Waals surface area contributed by atoms with E-state index < -0.39 is 5.60 Å². The molecule has 0 fully saturated rings. The Morgan fingerprint density at radius 2 is 1.76 bits per heavy atom. The van der Waals surface area contributed by atoms with Gasteiger partial charge in [0.15, 0.2) is 0 Å². The molecule has 0 atom stereocenters. The standard InChI is InChI=1S/C15H26O2/c1-5-8-9-10-11-14(16)17-15(4,12-6-2)13-7-3/h6-7H,2-3,5,8-13H2,1,4H3. The molecule has 0 spiro atoms. The molecule has 17 heavy (non-hydrogen) atoms. The molecular formula is C15H26O2. The van der Waals surface area contributed by atoms with E-state index in [1.54, 1.807) is 12.2 Å². The van der Waals surface area contributed by atoms with Crippen molar-refractivity contribution in [3.05, 3.63) is 25.3 Å². The molecule has 0 aromatic carbocycles. The highest BCUT2D eigenvalue weighted by molar-refractivity contribution is 5.69. The maximum atomic E-state index is 11.7. The highest BCUT2D eigenvalue weighted by atomic mass is 16.6. The zero-order chi connectivity index (χ0) is 13.1. The largest absolute Gasteiger partial charge is 0.459 e. The fourth-order valence-electron chi connectivity index (χ4n) is 1.80. The first-order chi connectivity index (χ1) is 8.08. The summed E-state index contributed by atoms with van der Waals surface area (Å²) in [6.45, 7) is 11.5. The molecule has 0 amide bonds. The molecule has 2 heteroatoms. The summed E-state index contributed by atoms with van der Waals surface area (Å²) in [5.41, 5.74) is -0.467. The third-order valence-electron chi connectivity index (χ3n) is 2.75. The number of carbonyl (C=O) groups excluding carboxylic acids is 1. The van der Waals surface area contributed by atoms with Gasteiger partial charge in [0.2, 0.25) is 0 Å². The highest BCUT2D eigenvalue weighted by Gasteiger charge is 2.25. The lowest BCUT2D eigenvalue weighted by molar-refractivity contribution is -0.157. The van der Waals surface area contributed by atoms with E-state index in [-0.39, 0.29) is 5.97 Å². The summed E-state index contributed by atoms with van der Waals surface area (Å²) in [6.07, 6.45) is 9.81. The minimum Gasteiger partial charge on any atom is -0.459 e. The van der Waals surface area contributed by atoms with Crippen LogP contribution >= 0.6 is 0 Å². The Hall–Kier alpha value is -1.05. The Morgan fingerprint density at radius 3 is 2.24 bits per heavy atom. The second kappa shape index (κ2) is 9.03. The Bertz CT molecular complexity index is 233. The number of esters is 1. The van der Waals surface area contributed by atoms with Crippen LogP contribution in [0.25, 0.3) is 0 Å². The van der Waals surface area contributed by atoms with Crippen LogP contribution in [0, 0.1) is 0 Å². The van der Waals surface area contributed by atoms with Crippen LogP contribution in [-0.2, 0) is 9.53 Å². The Kier molecular flexibility index (Phi) is 8.47. The van der Waals surface area contributed by atoms with E-state index in [1.165, 1.54) is 12.8 Å². The van der Waals surface area contributed by atoms with Gasteiger partial charge in [-0.25, -0.2) is 0 Å². The van der Waals surface area contributed by atoms with E-state index in [2.05, 4.69) is 20.1 Å². The third kappa shape index (κ3) is 7.78. The van der Waals surface area contributed by atoms with Crippen LogP contribution in [0.2, 0.25) is 0 Å². The van der Waals surface area contributed by atoms with Crippen molar-refractivity contribution in [1.82, 2.24) is 0 Å². The number of rotatable bonds is 10. The maximum absolute atomic E-state index is 11.7. The van der Waals surface area contributed by atoms with Gasteiger partial charge in [-0.3, -0.25) is 4.79 Å². The van der Waals surface area contributed by atoms with E-state index in [1.807, 2.05) is 6.92 Å². The van der Waals surface area contributed by atoms with Crippen molar-refractivity contribution in [1.29, 1.82) is 0 Å². The van der Waals surface area contributed by atoms with Crippen molar-refractivity contribution in [2.24, 2.45) is 0 Å². The van der Waals surface area contributed by atoms with E-state index in [0.29, 0.717) is 19.3 Å². The topological polar surface area (TPSA) is 26.3 Å². The van der Waals surface area contributed by atoms with E-state index in [4.69, 9.17) is 4.74 Å². The van der Waals surface area contributed by atoms with E-state index >= 15 is 0 Å². The molecule has 0 aromatic heterocycles. The van der Waals surface area contributed by atoms with Crippen molar-refractivity contribution in [2.75, 3.05) is 0 Å². The van der Waals surface area contributed by atoms with Gasteiger partial charge in [0.05, 0.1) is 0 Å². The zero-order valence-electron chi connectivity index (χ0n) is 11.3. The molecular weight excluding hydrogens is 212 g/mol. The molecule has 2 nitrogen and oxygen atoms in total. The second-order valence-electron chi connectivity index (χ2n) is 4.72. The predicted octanol–water partition coefficient (Wildman–Crippen LogP) is 4.41. The molecule has 0 aliphatic carbocycles. The van der Waals surface area contributed by atoms with Crippen molar-refractivity contribution < 1.29 is 9.53 Å². The monoisotopic (exact) mass is 238 g/mol. The summed E-state index contributed by atoms with van der Waals surface area (Å²) in [5, 5.41) is 0. The fourth-order valence-corrected chi connectivity index (χ4v) is 1.80. The summed E-state index contributed by atoms with van der Waals surface area (Å²) in [5.74, 6) is -0.104. The fraction of sp³-hybridized carbons (Fsp3) is 0.667. The van der Waals surface area contributed by atoms with Gasteiger partial charge in [-0.15, -0.1) is 13.2 Å². The smallest absolute Gasteiger partial charge is 0.306 e. The zero-order valence-corrected chi connectivity index (χ0v) is 11.3. The molecule has 0 aliphatic heterocycles. The van der Waals surface area contributed by atoms with Crippen LogP contribution < -0.4 is 0 Å². The average Bonchev–Trinajstić information content (AvgIpc) is 2.24. The van der Waals surface area contributed by atoms with Gasteiger partial charge in [0, 0.05) is 19.3 Å². The van der Waals surface area contributed by atoms with Crippen LogP contribution in [0.4, 0.5) is 0 Å². The van der Waals surface area contributed by atoms with Gasteiger partial charge in [-0.2, -0.15) is 0 Å². The van der Waals surface area contributed by atoms with Gasteiger partial charge in [-0.05, 0) is 13.3 Å². The molecule has 0 radical (unpaired) electrons. The van der Waals surface area contributed by atoms with Crippen molar-refractivity contribution in [3.8, 4) is 0 Å². The number of ether oxygens (including phenoxy) is 1. The van der Waals surface area contributed by atoms with Gasteiger partial charge in [0.25, 0.3) is 0 Å². The first-order valence-electron chi connectivity index (χ1n) is 6.51. The lowest BCUT2D eigenvalue weighted by Crippen LogP contribution is -2.30. The molecule has 0 heterocycles. The summed E-state index contributed by atoms with van der Waals surface area (Å²) in [7, 11) is 0. The third-order valence-corrected chi connectivity index (χ3v) is 2.75. The molecule has 0 rings (SSSR count). The number of hydrogen-bond acceptors (Lipinski definition) is 2. The highest BCUT2D eigenvalue weighted by Crippen LogP contribution is 2.22. The van der Waals surface area contributed by atoms with Gasteiger partial charge in [-0.1, -0.05) is 38.3 Å². The van der Waals surface area contributed by atoms with Gasteiger partial charge < -0.3 is 4.74 Å². The minimum atomic E-state index is -0.467. The van der Waals surface area contributed by atoms with E-state index in [0.717, 1.165) is 12.8 Å². The van der Waals surface area contributed by atoms with Crippen LogP contribution in [-0.4, -0.2) is 11.6 Å². The molecule has 0 N–H and O–H groups in total. The van der Waals surface area contributed by atoms with Crippen LogP contribution in [0.3, 0.4) is 0 Å². The summed E-state index contributed by atoms with van der Waals surface area (Å²) < 4.78 is 5.52. The normalized spacial score (nSPS) is 10.9. The molecule has 0 saturated carbocycles. The van der Waals surface area contributed by atoms with Gasteiger partial charge in [0.1, 0.15) is 5.60 Å². The molecule has 0 aromatic rings. The van der Waals surface area contributed by atoms with Gasteiger partial charge >= 0.3 is 5.97 Å².